The van der Waals surface area contributed by atoms with Crippen LogP contribution in [-0.2, 0) is 4.79 Å². The Morgan fingerprint density at radius 3 is 2.91 bits per heavy atom. The Morgan fingerprint density at radius 2 is 2.27 bits per heavy atom. The number of carbonyl (C=O) groups is 2. The summed E-state index contributed by atoms with van der Waals surface area (Å²) in [6.45, 7) is 0. The van der Waals surface area contributed by atoms with Crippen LogP contribution in [0.1, 0.15) is 0 Å². The average molecular weight is 172 g/mol. The van der Waals surface area contributed by atoms with Gasteiger partial charge in [0.1, 0.15) is 6.04 Å². The molecule has 0 spiro atoms. The molecule has 5 heteroatoms. The molecule has 1 atom stereocenters. The molecule has 0 aromatic heterocycles. The van der Waals surface area contributed by atoms with Crippen LogP contribution in [-0.4, -0.2) is 46.5 Å². The number of rotatable bonds is 0. The monoisotopic (exact) mass is 172 g/mol. The van der Waals surface area contributed by atoms with Gasteiger partial charge in [-0.3, -0.25) is 9.69 Å². The van der Waals surface area contributed by atoms with Gasteiger partial charge in [-0.25, -0.2) is 4.79 Å². The molecule has 0 saturated carbocycles. The topological polar surface area (TPSA) is 40.6 Å². The second kappa shape index (κ2) is 2.14. The van der Waals surface area contributed by atoms with Gasteiger partial charge >= 0.3 is 6.03 Å². The van der Waals surface area contributed by atoms with Gasteiger partial charge in [0.25, 0.3) is 5.91 Å². The zero-order valence-corrected chi connectivity index (χ0v) is 6.93. The maximum Gasteiger partial charge on any atom is 0.327 e. The summed E-state index contributed by atoms with van der Waals surface area (Å²) in [5.74, 6) is 1.37. The predicted molar refractivity (Wildman–Crippen MR) is 41.1 cm³/mol. The Morgan fingerprint density at radius 1 is 1.55 bits per heavy atom. The van der Waals surface area contributed by atoms with E-state index in [9.17, 15) is 9.59 Å². The van der Waals surface area contributed by atoms with E-state index in [4.69, 9.17) is 0 Å². The lowest BCUT2D eigenvalue weighted by Crippen LogP contribution is -2.29. The number of imide groups is 1. The van der Waals surface area contributed by atoms with Gasteiger partial charge in [0, 0.05) is 12.8 Å². The third-order valence-electron chi connectivity index (χ3n) is 2.03. The molecule has 0 radical (unpaired) electrons. The second-order valence-corrected chi connectivity index (χ2v) is 3.67. The molecule has 0 bridgehead atoms. The fourth-order valence-corrected chi connectivity index (χ4v) is 2.48. The van der Waals surface area contributed by atoms with Gasteiger partial charge in [0.2, 0.25) is 0 Å². The van der Waals surface area contributed by atoms with Crippen LogP contribution in [0.4, 0.5) is 4.79 Å². The van der Waals surface area contributed by atoms with Crippen molar-refractivity contribution >= 4 is 23.7 Å². The Balaban J connectivity index is 2.30. The van der Waals surface area contributed by atoms with Gasteiger partial charge < -0.3 is 4.90 Å². The standard InChI is InChI=1S/C6H8N2O2S/c1-7-5(9)4-2-11-3-8(4)6(7)10/h4H,2-3H2,1H3. The molecule has 0 aliphatic carbocycles. The molecule has 2 rings (SSSR count). The predicted octanol–water partition coefficient (Wildman–Crippen LogP) is -0.0467. The third-order valence-corrected chi connectivity index (χ3v) is 3.04. The number of fused-ring (bicyclic) bond motifs is 1. The van der Waals surface area contributed by atoms with Crippen LogP contribution < -0.4 is 0 Å². The van der Waals surface area contributed by atoms with Crippen molar-refractivity contribution in [2.75, 3.05) is 18.7 Å². The van der Waals surface area contributed by atoms with Gasteiger partial charge in [-0.1, -0.05) is 0 Å². The normalized spacial score (nSPS) is 30.1. The molecule has 0 aromatic carbocycles. The molecule has 3 amide bonds. The minimum atomic E-state index is -0.169. The van der Waals surface area contributed by atoms with Crippen molar-refractivity contribution in [1.29, 1.82) is 0 Å². The summed E-state index contributed by atoms with van der Waals surface area (Å²) in [7, 11) is 1.54. The van der Waals surface area contributed by atoms with Gasteiger partial charge in [-0.2, -0.15) is 0 Å². The lowest BCUT2D eigenvalue weighted by Gasteiger charge is -2.09. The first-order valence-electron chi connectivity index (χ1n) is 3.37. The van der Waals surface area contributed by atoms with Crippen molar-refractivity contribution in [2.24, 2.45) is 0 Å². The molecule has 11 heavy (non-hydrogen) atoms. The minimum absolute atomic E-state index is 0.0556. The summed E-state index contributed by atoms with van der Waals surface area (Å²) >= 11 is 1.63. The van der Waals surface area contributed by atoms with Gasteiger partial charge in [0.05, 0.1) is 5.88 Å². The number of hydrogen-bond donors (Lipinski definition) is 0. The first-order valence-corrected chi connectivity index (χ1v) is 4.53. The first-order chi connectivity index (χ1) is 5.22. The van der Waals surface area contributed by atoms with Crippen molar-refractivity contribution < 1.29 is 9.59 Å². The van der Waals surface area contributed by atoms with Gasteiger partial charge in [-0.05, 0) is 0 Å². The maximum absolute atomic E-state index is 11.2. The molecule has 2 heterocycles. The van der Waals surface area contributed by atoms with Gasteiger partial charge in [-0.15, -0.1) is 11.8 Å². The van der Waals surface area contributed by atoms with Crippen LogP contribution >= 0.6 is 11.8 Å². The number of hydrogen-bond acceptors (Lipinski definition) is 3. The molecule has 1 unspecified atom stereocenters. The van der Waals surface area contributed by atoms with Crippen LogP contribution in [0.2, 0.25) is 0 Å². The van der Waals surface area contributed by atoms with E-state index in [0.717, 1.165) is 5.75 Å². The first kappa shape index (κ1) is 6.97. The molecule has 2 fully saturated rings. The summed E-state index contributed by atoms with van der Waals surface area (Å²) in [4.78, 5) is 25.3. The van der Waals surface area contributed by atoms with Crippen molar-refractivity contribution in [1.82, 2.24) is 9.80 Å². The molecule has 0 aromatic rings. The highest BCUT2D eigenvalue weighted by Crippen LogP contribution is 2.27. The summed E-state index contributed by atoms with van der Waals surface area (Å²) in [6.07, 6.45) is 0. The van der Waals surface area contributed by atoms with Crippen LogP contribution in [0, 0.1) is 0 Å². The van der Waals surface area contributed by atoms with Crippen LogP contribution in [0.15, 0.2) is 0 Å². The molecule has 2 aliphatic rings. The van der Waals surface area contributed by atoms with E-state index in [1.165, 1.54) is 11.9 Å². The number of carbonyl (C=O) groups excluding carboxylic acids is 2. The van der Waals surface area contributed by atoms with Crippen LogP contribution in [0.25, 0.3) is 0 Å². The molecule has 2 saturated heterocycles. The summed E-state index contributed by atoms with van der Waals surface area (Å²) in [5, 5.41) is 0. The smallest absolute Gasteiger partial charge is 0.302 e. The Kier molecular flexibility index (Phi) is 1.35. The number of urea groups is 1. The lowest BCUT2D eigenvalue weighted by molar-refractivity contribution is -0.126. The fourth-order valence-electron chi connectivity index (χ4n) is 1.35. The molecule has 60 valence electrons. The van der Waals surface area contributed by atoms with Crippen LogP contribution in [0.3, 0.4) is 0 Å². The van der Waals surface area contributed by atoms with E-state index in [2.05, 4.69) is 0 Å². The zero-order valence-electron chi connectivity index (χ0n) is 6.11. The van der Waals surface area contributed by atoms with Crippen molar-refractivity contribution in [2.45, 2.75) is 6.04 Å². The van der Waals surface area contributed by atoms with E-state index in [1.54, 1.807) is 16.7 Å². The van der Waals surface area contributed by atoms with E-state index < -0.39 is 0 Å². The maximum atomic E-state index is 11.2. The van der Waals surface area contributed by atoms with Crippen LogP contribution in [0.5, 0.6) is 0 Å². The number of nitrogens with zero attached hydrogens (tertiary/aromatic N) is 2. The van der Waals surface area contributed by atoms with Crippen molar-refractivity contribution in [3.8, 4) is 0 Å². The van der Waals surface area contributed by atoms with E-state index >= 15 is 0 Å². The molecular weight excluding hydrogens is 164 g/mol. The number of thioether (sulfide) groups is 1. The molecule has 2 aliphatic heterocycles. The highest BCUT2D eigenvalue weighted by Gasteiger charge is 2.45. The Bertz CT molecular complexity index is 209. The Labute approximate surface area is 68.5 Å². The zero-order chi connectivity index (χ0) is 8.01. The Hall–Kier alpha value is -0.710. The minimum Gasteiger partial charge on any atom is -0.302 e. The van der Waals surface area contributed by atoms with E-state index in [-0.39, 0.29) is 18.0 Å². The lowest BCUT2D eigenvalue weighted by atomic mass is 10.3. The number of likely N-dealkylation sites (N-methyl/N-ethyl adjacent to an activating group) is 1. The summed E-state index contributed by atoms with van der Waals surface area (Å²) in [5.41, 5.74) is 0. The highest BCUT2D eigenvalue weighted by atomic mass is 32.2. The third kappa shape index (κ3) is 0.772. The second-order valence-electron chi connectivity index (χ2n) is 2.67. The quantitative estimate of drug-likeness (QED) is 0.481. The average Bonchev–Trinajstić information content (AvgIpc) is 2.53. The van der Waals surface area contributed by atoms with E-state index in [0.29, 0.717) is 5.88 Å². The fraction of sp³-hybridized carbons (Fsp3) is 0.667. The van der Waals surface area contributed by atoms with Gasteiger partial charge in [0.15, 0.2) is 0 Å². The van der Waals surface area contributed by atoms with Crippen molar-refractivity contribution in [3.05, 3.63) is 0 Å². The summed E-state index contributed by atoms with van der Waals surface area (Å²) in [6, 6.07) is -0.317. The molecule has 4 nitrogen and oxygen atoms in total. The highest BCUT2D eigenvalue weighted by molar-refractivity contribution is 7.99. The van der Waals surface area contributed by atoms with E-state index in [1.807, 2.05) is 0 Å². The summed E-state index contributed by atoms with van der Waals surface area (Å²) < 4.78 is 0. The molecular formula is C6H8N2O2S. The largest absolute Gasteiger partial charge is 0.327 e. The number of amides is 3. The van der Waals surface area contributed by atoms with Crippen molar-refractivity contribution in [3.63, 3.8) is 0 Å². The SMILES string of the molecule is CN1C(=O)C2CSCN2C1=O. The molecule has 0 N–H and O–H groups in total.